The second kappa shape index (κ2) is 5.41. The molecule has 0 atom stereocenters. The molecule has 1 aromatic rings. The summed E-state index contributed by atoms with van der Waals surface area (Å²) in [6.45, 7) is 1.49. The molecule has 3 nitrogen and oxygen atoms in total. The third kappa shape index (κ3) is 2.91. The molecule has 0 radical (unpaired) electrons. The predicted molar refractivity (Wildman–Crippen MR) is 69.9 cm³/mol. The van der Waals surface area contributed by atoms with Crippen LogP contribution in [0.5, 0.6) is 0 Å². The highest BCUT2D eigenvalue weighted by Crippen LogP contribution is 2.21. The number of carbonyl (C=O) groups excluding carboxylic acids is 1. The first kappa shape index (κ1) is 12.2. The van der Waals surface area contributed by atoms with Crippen molar-refractivity contribution in [2.75, 3.05) is 18.2 Å². The van der Waals surface area contributed by atoms with E-state index in [-0.39, 0.29) is 5.91 Å². The van der Waals surface area contributed by atoms with Crippen LogP contribution < -0.4 is 5.73 Å². The first-order valence-corrected chi connectivity index (χ1v) is 6.45. The molecular formula is C13H17ClN2O. The predicted octanol–water partition coefficient (Wildman–Crippen LogP) is 2.17. The highest BCUT2D eigenvalue weighted by molar-refractivity contribution is 6.17. The van der Waals surface area contributed by atoms with E-state index >= 15 is 0 Å². The van der Waals surface area contributed by atoms with Gasteiger partial charge in [0.05, 0.1) is 0 Å². The largest absolute Gasteiger partial charge is 0.399 e. The smallest absolute Gasteiger partial charge is 0.222 e. The Bertz CT molecular complexity index is 420. The Morgan fingerprint density at radius 2 is 2.24 bits per heavy atom. The minimum Gasteiger partial charge on any atom is -0.399 e. The van der Waals surface area contributed by atoms with Crippen LogP contribution >= 0.6 is 11.6 Å². The molecule has 1 heterocycles. The number of nitrogen functional groups attached to an aromatic ring is 1. The third-order valence-electron chi connectivity index (χ3n) is 3.12. The van der Waals surface area contributed by atoms with E-state index in [2.05, 4.69) is 0 Å². The summed E-state index contributed by atoms with van der Waals surface area (Å²) in [4.78, 5) is 13.8. The van der Waals surface area contributed by atoms with E-state index in [1.165, 1.54) is 11.1 Å². The summed E-state index contributed by atoms with van der Waals surface area (Å²) in [5.41, 5.74) is 9.03. The second-order valence-electron chi connectivity index (χ2n) is 4.39. The van der Waals surface area contributed by atoms with Gasteiger partial charge in [0, 0.05) is 31.1 Å². The highest BCUT2D eigenvalue weighted by Gasteiger charge is 2.19. The van der Waals surface area contributed by atoms with Gasteiger partial charge in [0.15, 0.2) is 0 Å². The molecule has 1 aliphatic heterocycles. The van der Waals surface area contributed by atoms with Crippen LogP contribution in [0.1, 0.15) is 24.0 Å². The molecule has 4 heteroatoms. The van der Waals surface area contributed by atoms with E-state index in [4.69, 9.17) is 17.3 Å². The normalized spacial score (nSPS) is 14.5. The number of hydrogen-bond acceptors (Lipinski definition) is 2. The monoisotopic (exact) mass is 252 g/mol. The fourth-order valence-corrected chi connectivity index (χ4v) is 2.30. The zero-order chi connectivity index (χ0) is 12.3. The Morgan fingerprint density at radius 1 is 1.41 bits per heavy atom. The van der Waals surface area contributed by atoms with Gasteiger partial charge in [-0.05, 0) is 36.1 Å². The number of rotatable bonds is 3. The average molecular weight is 253 g/mol. The fourth-order valence-electron chi connectivity index (χ4n) is 2.16. The number of amides is 1. The van der Waals surface area contributed by atoms with Crippen molar-refractivity contribution in [1.29, 1.82) is 0 Å². The molecular weight excluding hydrogens is 236 g/mol. The molecule has 0 aromatic heterocycles. The van der Waals surface area contributed by atoms with Crippen LogP contribution in [0, 0.1) is 0 Å². The van der Waals surface area contributed by atoms with Gasteiger partial charge in [-0.15, -0.1) is 11.6 Å². The zero-order valence-corrected chi connectivity index (χ0v) is 10.5. The molecule has 0 bridgehead atoms. The van der Waals surface area contributed by atoms with Crippen molar-refractivity contribution in [2.45, 2.75) is 25.8 Å². The van der Waals surface area contributed by atoms with Gasteiger partial charge in [0.2, 0.25) is 5.91 Å². The number of fused-ring (bicyclic) bond motifs is 1. The molecule has 0 unspecified atom stereocenters. The summed E-state index contributed by atoms with van der Waals surface area (Å²) in [6.07, 6.45) is 2.20. The number of nitrogens with two attached hydrogens (primary N) is 1. The Hall–Kier alpha value is -1.22. The maximum absolute atomic E-state index is 11.9. The van der Waals surface area contributed by atoms with Gasteiger partial charge in [-0.25, -0.2) is 0 Å². The molecule has 2 N–H and O–H groups in total. The first-order chi connectivity index (χ1) is 8.20. The van der Waals surface area contributed by atoms with Crippen molar-refractivity contribution in [1.82, 2.24) is 4.90 Å². The molecule has 0 saturated heterocycles. The van der Waals surface area contributed by atoms with Crippen LogP contribution in [-0.4, -0.2) is 23.2 Å². The molecule has 0 fully saturated rings. The van der Waals surface area contributed by atoms with Crippen LogP contribution in [0.15, 0.2) is 18.2 Å². The van der Waals surface area contributed by atoms with Gasteiger partial charge in [-0.2, -0.15) is 0 Å². The number of nitrogens with zero attached hydrogens (tertiary/aromatic N) is 1. The lowest BCUT2D eigenvalue weighted by Gasteiger charge is -2.29. The van der Waals surface area contributed by atoms with Gasteiger partial charge < -0.3 is 10.6 Å². The lowest BCUT2D eigenvalue weighted by Crippen LogP contribution is -2.35. The minimum atomic E-state index is 0.202. The fraction of sp³-hybridized carbons (Fsp3) is 0.462. The summed E-state index contributed by atoms with van der Waals surface area (Å²) in [7, 11) is 0. The zero-order valence-electron chi connectivity index (χ0n) is 9.79. The summed E-state index contributed by atoms with van der Waals surface area (Å²) in [5, 5.41) is 0. The molecule has 17 heavy (non-hydrogen) atoms. The van der Waals surface area contributed by atoms with Crippen LogP contribution in [0.2, 0.25) is 0 Å². The maximum atomic E-state index is 11.9. The van der Waals surface area contributed by atoms with E-state index in [1.807, 2.05) is 23.1 Å². The van der Waals surface area contributed by atoms with Crippen LogP contribution in [0.4, 0.5) is 5.69 Å². The van der Waals surface area contributed by atoms with E-state index in [9.17, 15) is 4.79 Å². The Morgan fingerprint density at radius 3 is 3.00 bits per heavy atom. The van der Waals surface area contributed by atoms with Crippen molar-refractivity contribution in [2.24, 2.45) is 0 Å². The standard InChI is InChI=1S/C13H17ClN2O/c14-6-1-2-13(17)16-7-5-10-8-12(15)4-3-11(10)9-16/h3-4,8H,1-2,5-7,9,15H2. The van der Waals surface area contributed by atoms with Gasteiger partial charge >= 0.3 is 0 Å². The molecule has 1 aromatic carbocycles. The molecule has 0 aliphatic carbocycles. The van der Waals surface area contributed by atoms with E-state index < -0.39 is 0 Å². The molecule has 92 valence electrons. The number of halogens is 1. The first-order valence-electron chi connectivity index (χ1n) is 5.91. The summed E-state index contributed by atoms with van der Waals surface area (Å²) in [6, 6.07) is 5.92. The Labute approximate surface area is 107 Å². The highest BCUT2D eigenvalue weighted by atomic mass is 35.5. The lowest BCUT2D eigenvalue weighted by atomic mass is 9.99. The van der Waals surface area contributed by atoms with Crippen LogP contribution in [0.3, 0.4) is 0 Å². The molecule has 1 aliphatic rings. The number of alkyl halides is 1. The Balaban J connectivity index is 2.03. The van der Waals surface area contributed by atoms with Gasteiger partial charge in [-0.1, -0.05) is 6.07 Å². The second-order valence-corrected chi connectivity index (χ2v) is 4.76. The van der Waals surface area contributed by atoms with Gasteiger partial charge in [-0.3, -0.25) is 4.79 Å². The van der Waals surface area contributed by atoms with Crippen molar-refractivity contribution in [3.05, 3.63) is 29.3 Å². The van der Waals surface area contributed by atoms with Gasteiger partial charge in [0.25, 0.3) is 0 Å². The van der Waals surface area contributed by atoms with Crippen molar-refractivity contribution in [3.63, 3.8) is 0 Å². The van der Waals surface area contributed by atoms with Crippen LogP contribution in [0.25, 0.3) is 0 Å². The van der Waals surface area contributed by atoms with Crippen molar-refractivity contribution < 1.29 is 4.79 Å². The maximum Gasteiger partial charge on any atom is 0.222 e. The van der Waals surface area contributed by atoms with E-state index in [0.29, 0.717) is 18.8 Å². The summed E-state index contributed by atoms with van der Waals surface area (Å²) < 4.78 is 0. The van der Waals surface area contributed by atoms with Crippen molar-refractivity contribution in [3.8, 4) is 0 Å². The molecule has 0 spiro atoms. The summed E-state index contributed by atoms with van der Waals surface area (Å²) >= 11 is 5.60. The van der Waals surface area contributed by atoms with E-state index in [1.54, 1.807) is 0 Å². The Kier molecular flexibility index (Phi) is 3.89. The molecule has 0 saturated carbocycles. The minimum absolute atomic E-state index is 0.202. The number of carbonyl (C=O) groups is 1. The topological polar surface area (TPSA) is 46.3 Å². The lowest BCUT2D eigenvalue weighted by molar-refractivity contribution is -0.132. The van der Waals surface area contributed by atoms with E-state index in [0.717, 1.165) is 25.1 Å². The van der Waals surface area contributed by atoms with Gasteiger partial charge in [0.1, 0.15) is 0 Å². The quantitative estimate of drug-likeness (QED) is 0.662. The summed E-state index contributed by atoms with van der Waals surface area (Å²) in [5.74, 6) is 0.750. The molecule has 1 amide bonds. The average Bonchev–Trinajstić information content (AvgIpc) is 2.35. The SMILES string of the molecule is Nc1ccc2c(c1)CCN(C(=O)CCCCl)C2. The number of anilines is 1. The number of benzene rings is 1. The molecule has 2 rings (SSSR count). The number of hydrogen-bond donors (Lipinski definition) is 1. The third-order valence-corrected chi connectivity index (χ3v) is 3.39. The van der Waals surface area contributed by atoms with Crippen molar-refractivity contribution >= 4 is 23.2 Å². The van der Waals surface area contributed by atoms with Crippen LogP contribution in [-0.2, 0) is 17.8 Å².